The number of carbonyl (C=O) groups excluding carboxylic acids is 2. The molecule has 2 amide bonds. The van der Waals surface area contributed by atoms with Crippen LogP contribution in [-0.2, 0) is 22.7 Å². The topological polar surface area (TPSA) is 107 Å². The summed E-state index contributed by atoms with van der Waals surface area (Å²) >= 11 is 6.08. The SMILES string of the molecule is CCn1c(=O)n(CC)c2nc(NC(=O)CCC(=O)Nc3cc(C)c(Cl)cc3OC)ccc21. The van der Waals surface area contributed by atoms with Gasteiger partial charge in [0.25, 0.3) is 0 Å². The van der Waals surface area contributed by atoms with Crippen molar-refractivity contribution in [1.29, 1.82) is 0 Å². The molecule has 0 saturated carbocycles. The van der Waals surface area contributed by atoms with Gasteiger partial charge >= 0.3 is 5.69 Å². The second-order valence-electron chi connectivity index (χ2n) is 7.21. The zero-order chi connectivity index (χ0) is 23.4. The number of aryl methyl sites for hydroxylation is 3. The van der Waals surface area contributed by atoms with E-state index in [0.717, 1.165) is 5.56 Å². The Morgan fingerprint density at radius 1 is 1.06 bits per heavy atom. The molecule has 0 bridgehead atoms. The number of halogens is 1. The highest BCUT2D eigenvalue weighted by molar-refractivity contribution is 6.31. The Morgan fingerprint density at radius 2 is 1.72 bits per heavy atom. The van der Waals surface area contributed by atoms with Crippen LogP contribution < -0.4 is 21.1 Å². The van der Waals surface area contributed by atoms with Crippen molar-refractivity contribution >= 4 is 46.1 Å². The summed E-state index contributed by atoms with van der Waals surface area (Å²) in [6.07, 6.45) is -0.0538. The Labute approximate surface area is 190 Å². The number of methoxy groups -OCH3 is 1. The number of ether oxygens (including phenoxy) is 1. The number of carbonyl (C=O) groups is 2. The van der Waals surface area contributed by atoms with Crippen molar-refractivity contribution in [3.05, 3.63) is 45.3 Å². The zero-order valence-electron chi connectivity index (χ0n) is 18.5. The molecule has 32 heavy (non-hydrogen) atoms. The van der Waals surface area contributed by atoms with Gasteiger partial charge in [-0.05, 0) is 44.5 Å². The fraction of sp³-hybridized carbons (Fsp3) is 0.364. The first-order valence-electron chi connectivity index (χ1n) is 10.3. The average molecular weight is 460 g/mol. The molecule has 0 aliphatic heterocycles. The van der Waals surface area contributed by atoms with Crippen LogP contribution in [0.3, 0.4) is 0 Å². The molecule has 0 atom stereocenters. The Kier molecular flexibility index (Phi) is 7.19. The van der Waals surface area contributed by atoms with Gasteiger partial charge in [-0.3, -0.25) is 18.7 Å². The van der Waals surface area contributed by atoms with Crippen LogP contribution in [0.1, 0.15) is 32.3 Å². The van der Waals surface area contributed by atoms with E-state index in [0.29, 0.717) is 46.5 Å². The quantitative estimate of drug-likeness (QED) is 0.535. The standard InChI is InChI=1S/C22H26ClN5O4/c1-5-27-16-7-8-18(26-21(16)28(6-2)22(27)31)25-20(30)10-9-19(29)24-15-11-13(3)14(23)12-17(15)32-4/h7-8,11-12H,5-6,9-10H2,1-4H3,(H,24,29)(H,25,26,30). The molecule has 0 fully saturated rings. The van der Waals surface area contributed by atoms with Gasteiger partial charge in [0.1, 0.15) is 11.6 Å². The van der Waals surface area contributed by atoms with Gasteiger partial charge in [0.05, 0.1) is 18.3 Å². The summed E-state index contributed by atoms with van der Waals surface area (Å²) in [6, 6.07) is 6.75. The van der Waals surface area contributed by atoms with Crippen molar-refractivity contribution in [2.24, 2.45) is 0 Å². The molecule has 9 nitrogen and oxygen atoms in total. The second kappa shape index (κ2) is 9.86. The molecule has 0 aliphatic rings. The van der Waals surface area contributed by atoms with Gasteiger partial charge in [0.2, 0.25) is 11.8 Å². The monoisotopic (exact) mass is 459 g/mol. The van der Waals surface area contributed by atoms with Gasteiger partial charge in [0.15, 0.2) is 5.65 Å². The van der Waals surface area contributed by atoms with Crippen molar-refractivity contribution < 1.29 is 14.3 Å². The molecular weight excluding hydrogens is 434 g/mol. The molecule has 2 N–H and O–H groups in total. The maximum absolute atomic E-state index is 12.4. The fourth-order valence-electron chi connectivity index (χ4n) is 3.42. The number of benzene rings is 1. The minimum atomic E-state index is -0.355. The summed E-state index contributed by atoms with van der Waals surface area (Å²) in [5, 5.41) is 5.97. The summed E-state index contributed by atoms with van der Waals surface area (Å²) in [7, 11) is 1.49. The lowest BCUT2D eigenvalue weighted by molar-refractivity contribution is -0.121. The van der Waals surface area contributed by atoms with Crippen molar-refractivity contribution in [2.45, 2.75) is 46.7 Å². The smallest absolute Gasteiger partial charge is 0.330 e. The summed E-state index contributed by atoms with van der Waals surface area (Å²) < 4.78 is 8.44. The first-order chi connectivity index (χ1) is 15.3. The Bertz CT molecular complexity index is 1230. The lowest BCUT2D eigenvalue weighted by Crippen LogP contribution is -2.23. The van der Waals surface area contributed by atoms with Crippen molar-refractivity contribution in [3.63, 3.8) is 0 Å². The lowest BCUT2D eigenvalue weighted by Gasteiger charge is -2.12. The number of pyridine rings is 1. The number of imidazole rings is 1. The third kappa shape index (κ3) is 4.77. The van der Waals surface area contributed by atoms with Crippen molar-refractivity contribution in [2.75, 3.05) is 17.7 Å². The summed E-state index contributed by atoms with van der Waals surface area (Å²) in [6.45, 7) is 6.58. The number of fused-ring (bicyclic) bond motifs is 1. The molecule has 0 unspecified atom stereocenters. The van der Waals surface area contributed by atoms with Gasteiger partial charge < -0.3 is 15.4 Å². The average Bonchev–Trinajstić information content (AvgIpc) is 3.04. The van der Waals surface area contributed by atoms with E-state index in [-0.39, 0.29) is 30.3 Å². The van der Waals surface area contributed by atoms with Crippen LogP contribution in [0.2, 0.25) is 5.02 Å². The van der Waals surface area contributed by atoms with Gasteiger partial charge in [-0.2, -0.15) is 0 Å². The molecular formula is C22H26ClN5O4. The van der Waals surface area contributed by atoms with Gasteiger partial charge in [-0.15, -0.1) is 0 Å². The Morgan fingerprint density at radius 3 is 2.34 bits per heavy atom. The summed E-state index contributed by atoms with van der Waals surface area (Å²) in [4.78, 5) is 41.6. The number of nitrogens with zero attached hydrogens (tertiary/aromatic N) is 3. The van der Waals surface area contributed by atoms with Crippen LogP contribution in [0.25, 0.3) is 11.2 Å². The lowest BCUT2D eigenvalue weighted by atomic mass is 10.2. The molecule has 0 spiro atoms. The Hall–Kier alpha value is -3.33. The minimum absolute atomic E-state index is 0.0230. The predicted molar refractivity (Wildman–Crippen MR) is 125 cm³/mol. The normalized spacial score (nSPS) is 10.9. The Balaban J connectivity index is 1.65. The number of amides is 2. The largest absolute Gasteiger partial charge is 0.495 e. The maximum Gasteiger partial charge on any atom is 0.330 e. The zero-order valence-corrected chi connectivity index (χ0v) is 19.2. The predicted octanol–water partition coefficient (Wildman–Crippen LogP) is 3.57. The van der Waals surface area contributed by atoms with E-state index >= 15 is 0 Å². The highest BCUT2D eigenvalue weighted by Crippen LogP contribution is 2.31. The van der Waals surface area contributed by atoms with Crippen LogP contribution in [0.5, 0.6) is 5.75 Å². The molecule has 0 saturated heterocycles. The van der Waals surface area contributed by atoms with E-state index in [1.807, 2.05) is 20.8 Å². The van der Waals surface area contributed by atoms with Crippen LogP contribution in [0.4, 0.5) is 11.5 Å². The maximum atomic E-state index is 12.4. The fourth-order valence-corrected chi connectivity index (χ4v) is 3.58. The summed E-state index contributed by atoms with van der Waals surface area (Å²) in [5.41, 5.74) is 2.38. The molecule has 170 valence electrons. The van der Waals surface area contributed by atoms with Gasteiger partial charge in [-0.25, -0.2) is 9.78 Å². The van der Waals surface area contributed by atoms with E-state index < -0.39 is 0 Å². The highest BCUT2D eigenvalue weighted by atomic mass is 35.5. The van der Waals surface area contributed by atoms with Crippen LogP contribution in [0.15, 0.2) is 29.1 Å². The summed E-state index contributed by atoms with van der Waals surface area (Å²) in [5.74, 6) is 0.0836. The molecule has 2 heterocycles. The molecule has 10 heteroatoms. The number of nitrogens with one attached hydrogen (secondary N) is 2. The van der Waals surface area contributed by atoms with Crippen molar-refractivity contribution in [3.8, 4) is 5.75 Å². The molecule has 0 radical (unpaired) electrons. The number of hydrogen-bond acceptors (Lipinski definition) is 5. The number of hydrogen-bond donors (Lipinski definition) is 2. The third-order valence-corrected chi connectivity index (χ3v) is 5.50. The highest BCUT2D eigenvalue weighted by Gasteiger charge is 2.15. The van der Waals surface area contributed by atoms with E-state index in [9.17, 15) is 14.4 Å². The first kappa shape index (κ1) is 23.3. The van der Waals surface area contributed by atoms with E-state index in [2.05, 4.69) is 15.6 Å². The molecule has 2 aromatic heterocycles. The minimum Gasteiger partial charge on any atom is -0.495 e. The first-order valence-corrected chi connectivity index (χ1v) is 10.7. The van der Waals surface area contributed by atoms with E-state index in [1.54, 1.807) is 33.4 Å². The third-order valence-electron chi connectivity index (χ3n) is 5.10. The van der Waals surface area contributed by atoms with Crippen LogP contribution >= 0.6 is 11.6 Å². The molecule has 0 aliphatic carbocycles. The van der Waals surface area contributed by atoms with Gasteiger partial charge in [0, 0.05) is 37.0 Å². The number of anilines is 2. The number of aromatic nitrogens is 3. The van der Waals surface area contributed by atoms with Crippen LogP contribution in [0, 0.1) is 6.92 Å². The molecule has 3 aromatic rings. The number of rotatable bonds is 8. The van der Waals surface area contributed by atoms with Crippen molar-refractivity contribution in [1.82, 2.24) is 14.1 Å². The molecule has 1 aromatic carbocycles. The van der Waals surface area contributed by atoms with Gasteiger partial charge in [-0.1, -0.05) is 11.6 Å². The second-order valence-corrected chi connectivity index (χ2v) is 7.62. The van der Waals surface area contributed by atoms with E-state index in [4.69, 9.17) is 16.3 Å². The van der Waals surface area contributed by atoms with E-state index in [1.165, 1.54) is 7.11 Å². The van der Waals surface area contributed by atoms with Crippen LogP contribution in [-0.4, -0.2) is 33.0 Å². The molecule has 3 rings (SSSR count).